The van der Waals surface area contributed by atoms with Crippen molar-refractivity contribution < 1.29 is 13.2 Å². The van der Waals surface area contributed by atoms with E-state index in [-0.39, 0.29) is 16.7 Å². The molecule has 4 rings (SSSR count). The average molecular weight is 356 g/mol. The summed E-state index contributed by atoms with van der Waals surface area (Å²) in [5.41, 5.74) is 1.14. The van der Waals surface area contributed by atoms with Gasteiger partial charge in [-0.1, -0.05) is 18.2 Å². The second-order valence-electron chi connectivity index (χ2n) is 5.09. The Morgan fingerprint density at radius 1 is 1.12 bits per heavy atom. The van der Waals surface area contributed by atoms with Gasteiger partial charge in [0.15, 0.2) is 5.65 Å². The topological polar surface area (TPSA) is 123 Å². The van der Waals surface area contributed by atoms with Crippen LogP contribution in [0.25, 0.3) is 22.1 Å². The van der Waals surface area contributed by atoms with E-state index in [2.05, 4.69) is 29.6 Å². The molecule has 3 aromatic heterocycles. The number of methoxy groups -OCH3 is 1. The zero-order valence-corrected chi connectivity index (χ0v) is 13.8. The first-order chi connectivity index (χ1) is 12.1. The lowest BCUT2D eigenvalue weighted by molar-refractivity contribution is 0.402. The Bertz CT molecular complexity index is 1180. The molecule has 0 atom stereocenters. The van der Waals surface area contributed by atoms with Gasteiger partial charge in [-0.3, -0.25) is 4.98 Å². The Morgan fingerprint density at radius 3 is 2.80 bits per heavy atom. The van der Waals surface area contributed by atoms with Crippen molar-refractivity contribution in [2.75, 3.05) is 11.8 Å². The smallest absolute Gasteiger partial charge is 0.266 e. The molecule has 1 aromatic carbocycles. The number of ether oxygens (including phenoxy) is 1. The summed E-state index contributed by atoms with van der Waals surface area (Å²) in [4.78, 5) is 19.2. The molecule has 0 aliphatic carbocycles. The third-order valence-corrected chi connectivity index (χ3v) is 4.92. The monoisotopic (exact) mass is 356 g/mol. The maximum atomic E-state index is 12.8. The highest BCUT2D eigenvalue weighted by atomic mass is 32.2. The van der Waals surface area contributed by atoms with Crippen molar-refractivity contribution in [2.45, 2.75) is 4.90 Å². The molecule has 3 heterocycles. The van der Waals surface area contributed by atoms with Gasteiger partial charge in [0, 0.05) is 11.6 Å². The fourth-order valence-electron chi connectivity index (χ4n) is 2.47. The Balaban J connectivity index is 1.81. The van der Waals surface area contributed by atoms with Gasteiger partial charge in [-0.15, -0.1) is 0 Å². The number of imidazole rings is 1. The molecule has 0 saturated carbocycles. The van der Waals surface area contributed by atoms with Crippen LogP contribution in [0.2, 0.25) is 0 Å². The number of nitrogens with one attached hydrogen (secondary N) is 2. The molecule has 25 heavy (non-hydrogen) atoms. The SMILES string of the molecule is COc1nc(NS(=O)(=O)c2cccc3cccnc23)nc2nc[nH]c12. The van der Waals surface area contributed by atoms with Crippen LogP contribution in [-0.2, 0) is 10.0 Å². The maximum Gasteiger partial charge on any atom is 0.266 e. The van der Waals surface area contributed by atoms with Crippen molar-refractivity contribution in [3.05, 3.63) is 42.9 Å². The number of benzene rings is 1. The van der Waals surface area contributed by atoms with Crippen LogP contribution in [-0.4, -0.2) is 40.4 Å². The molecular weight excluding hydrogens is 344 g/mol. The second kappa shape index (κ2) is 5.67. The summed E-state index contributed by atoms with van der Waals surface area (Å²) in [6.07, 6.45) is 2.96. The fraction of sp³-hybridized carbons (Fsp3) is 0.0667. The van der Waals surface area contributed by atoms with Crippen LogP contribution in [0.3, 0.4) is 0 Å². The van der Waals surface area contributed by atoms with Crippen LogP contribution in [0.4, 0.5) is 5.95 Å². The number of aromatic amines is 1. The molecule has 126 valence electrons. The molecule has 0 saturated heterocycles. The second-order valence-corrected chi connectivity index (χ2v) is 6.75. The van der Waals surface area contributed by atoms with Crippen molar-refractivity contribution in [3.63, 3.8) is 0 Å². The first-order valence-corrected chi connectivity index (χ1v) is 8.68. The number of H-pyrrole nitrogens is 1. The standard InChI is InChI=1S/C15H12N6O3S/c1-24-14-12-13(18-8-17-12)19-15(20-14)21-25(22,23)10-6-2-4-9-5-3-7-16-11(9)10/h2-8H,1H3,(H2,17,18,19,20,21). The number of anilines is 1. The van der Waals surface area contributed by atoms with Gasteiger partial charge in [-0.2, -0.15) is 9.97 Å². The largest absolute Gasteiger partial charge is 0.479 e. The minimum Gasteiger partial charge on any atom is -0.479 e. The summed E-state index contributed by atoms with van der Waals surface area (Å²) < 4.78 is 33.1. The van der Waals surface area contributed by atoms with E-state index in [4.69, 9.17) is 4.74 Å². The van der Waals surface area contributed by atoms with Crippen LogP contribution >= 0.6 is 0 Å². The predicted molar refractivity (Wildman–Crippen MR) is 90.8 cm³/mol. The molecule has 0 bridgehead atoms. The van der Waals surface area contributed by atoms with E-state index in [1.165, 1.54) is 25.7 Å². The van der Waals surface area contributed by atoms with Crippen LogP contribution in [0.1, 0.15) is 0 Å². The van der Waals surface area contributed by atoms with Crippen molar-refractivity contribution in [1.29, 1.82) is 0 Å². The van der Waals surface area contributed by atoms with E-state index in [1.807, 2.05) is 0 Å². The highest BCUT2D eigenvalue weighted by Crippen LogP contribution is 2.24. The molecule has 4 aromatic rings. The minimum absolute atomic E-state index is 0.0373. The van der Waals surface area contributed by atoms with Gasteiger partial charge in [0.25, 0.3) is 10.0 Å². The van der Waals surface area contributed by atoms with Crippen LogP contribution in [0, 0.1) is 0 Å². The Kier molecular flexibility index (Phi) is 3.46. The van der Waals surface area contributed by atoms with Crippen LogP contribution < -0.4 is 9.46 Å². The average Bonchev–Trinajstić information content (AvgIpc) is 3.08. The zero-order chi connectivity index (χ0) is 17.4. The first kappa shape index (κ1) is 15.3. The first-order valence-electron chi connectivity index (χ1n) is 7.20. The number of pyridine rings is 1. The molecular formula is C15H12N6O3S. The summed E-state index contributed by atoms with van der Waals surface area (Å²) in [5, 5.41) is 0.714. The molecule has 0 aliphatic rings. The van der Waals surface area contributed by atoms with E-state index in [0.29, 0.717) is 22.1 Å². The molecule has 0 fully saturated rings. The van der Waals surface area contributed by atoms with Gasteiger partial charge in [0.2, 0.25) is 11.8 Å². The highest BCUT2D eigenvalue weighted by Gasteiger charge is 2.21. The number of fused-ring (bicyclic) bond motifs is 2. The molecule has 10 heteroatoms. The van der Waals surface area contributed by atoms with Gasteiger partial charge >= 0.3 is 0 Å². The van der Waals surface area contributed by atoms with E-state index in [1.54, 1.807) is 24.3 Å². The lowest BCUT2D eigenvalue weighted by atomic mass is 10.2. The normalized spacial score (nSPS) is 11.7. The van der Waals surface area contributed by atoms with Gasteiger partial charge in [0.05, 0.1) is 19.0 Å². The molecule has 0 spiro atoms. The summed E-state index contributed by atoms with van der Waals surface area (Å²) >= 11 is 0. The minimum atomic E-state index is -3.95. The van der Waals surface area contributed by atoms with Gasteiger partial charge in [-0.05, 0) is 12.1 Å². The number of nitrogens with zero attached hydrogens (tertiary/aromatic N) is 4. The Labute approximate surface area is 142 Å². The number of rotatable bonds is 4. The number of aromatic nitrogens is 5. The summed E-state index contributed by atoms with van der Waals surface area (Å²) in [5.74, 6) is 0.0561. The van der Waals surface area contributed by atoms with Crippen LogP contribution in [0.5, 0.6) is 5.88 Å². The van der Waals surface area contributed by atoms with Crippen LogP contribution in [0.15, 0.2) is 47.8 Å². The third-order valence-electron chi connectivity index (χ3n) is 3.56. The number of hydrogen-bond donors (Lipinski definition) is 2. The van der Waals surface area contributed by atoms with E-state index >= 15 is 0 Å². The number of hydrogen-bond acceptors (Lipinski definition) is 7. The van der Waals surface area contributed by atoms with Crippen molar-refractivity contribution in [2.24, 2.45) is 0 Å². The maximum absolute atomic E-state index is 12.8. The molecule has 0 radical (unpaired) electrons. The molecule has 0 unspecified atom stereocenters. The molecule has 9 nitrogen and oxygen atoms in total. The summed E-state index contributed by atoms with van der Waals surface area (Å²) in [7, 11) is -2.52. The fourth-order valence-corrected chi connectivity index (χ4v) is 3.59. The third kappa shape index (κ3) is 2.62. The lowest BCUT2D eigenvalue weighted by Gasteiger charge is -2.09. The Morgan fingerprint density at radius 2 is 1.96 bits per heavy atom. The number of para-hydroxylation sites is 1. The van der Waals surface area contributed by atoms with E-state index in [9.17, 15) is 8.42 Å². The lowest BCUT2D eigenvalue weighted by Crippen LogP contribution is -2.16. The predicted octanol–water partition coefficient (Wildman–Crippen LogP) is 1.71. The quantitative estimate of drug-likeness (QED) is 0.570. The Hall–Kier alpha value is -3.27. The number of sulfonamides is 1. The zero-order valence-electron chi connectivity index (χ0n) is 13.0. The van der Waals surface area contributed by atoms with E-state index < -0.39 is 10.0 Å². The van der Waals surface area contributed by atoms with Crippen molar-refractivity contribution in [1.82, 2.24) is 24.9 Å². The van der Waals surface area contributed by atoms with E-state index in [0.717, 1.165) is 0 Å². The molecule has 0 aliphatic heterocycles. The van der Waals surface area contributed by atoms with Gasteiger partial charge < -0.3 is 9.72 Å². The van der Waals surface area contributed by atoms with Crippen molar-refractivity contribution in [3.8, 4) is 5.88 Å². The van der Waals surface area contributed by atoms with Gasteiger partial charge in [-0.25, -0.2) is 18.1 Å². The summed E-state index contributed by atoms with van der Waals surface area (Å²) in [6, 6.07) is 8.44. The molecule has 2 N–H and O–H groups in total. The molecule has 0 amide bonds. The highest BCUT2D eigenvalue weighted by molar-refractivity contribution is 7.93. The van der Waals surface area contributed by atoms with Gasteiger partial charge in [0.1, 0.15) is 10.4 Å². The summed E-state index contributed by atoms with van der Waals surface area (Å²) in [6.45, 7) is 0. The van der Waals surface area contributed by atoms with Crippen molar-refractivity contribution >= 4 is 38.0 Å².